The van der Waals surface area contributed by atoms with Crippen LogP contribution in [0.25, 0.3) is 0 Å². The lowest BCUT2D eigenvalue weighted by molar-refractivity contribution is -0.146. The largest absolute Gasteiger partial charge is 0.480 e. The molecule has 0 spiro atoms. The van der Waals surface area contributed by atoms with Crippen molar-refractivity contribution in [2.24, 2.45) is 0 Å². The first-order valence-electron chi connectivity index (χ1n) is 8.10. The molecule has 2 unspecified atom stereocenters. The highest BCUT2D eigenvalue weighted by Gasteiger charge is 2.39. The zero-order valence-electron chi connectivity index (χ0n) is 13.3. The third-order valence-corrected chi connectivity index (χ3v) is 3.92. The van der Waals surface area contributed by atoms with Gasteiger partial charge in [-0.15, -0.1) is 0 Å². The van der Waals surface area contributed by atoms with Gasteiger partial charge in [0.05, 0.1) is 6.10 Å². The van der Waals surface area contributed by atoms with E-state index >= 15 is 0 Å². The quantitative estimate of drug-likeness (QED) is 0.540. The van der Waals surface area contributed by atoms with Crippen LogP contribution >= 0.6 is 0 Å². The number of unbranched alkanes of at least 4 members (excludes halogenated alkanes) is 4. The first-order valence-corrected chi connectivity index (χ1v) is 8.10. The summed E-state index contributed by atoms with van der Waals surface area (Å²) in [6, 6.07) is 0.386. The second kappa shape index (κ2) is 8.63. The first kappa shape index (κ1) is 17.4. The van der Waals surface area contributed by atoms with Gasteiger partial charge in [-0.05, 0) is 33.1 Å². The lowest BCUT2D eigenvalue weighted by Crippen LogP contribution is -2.52. The van der Waals surface area contributed by atoms with E-state index in [1.807, 2.05) is 6.92 Å². The molecular weight excluding hydrogens is 254 g/mol. The normalized spacial score (nSPS) is 19.6. The fourth-order valence-corrected chi connectivity index (χ4v) is 2.51. The van der Waals surface area contributed by atoms with Gasteiger partial charge in [-0.25, -0.2) is 0 Å². The second-order valence-electron chi connectivity index (χ2n) is 6.36. The fraction of sp³-hybridized carbons (Fsp3) is 0.938. The Bertz CT molecular complexity index is 291. The number of aliphatic carboxylic acids is 1. The Hall–Kier alpha value is -0.610. The van der Waals surface area contributed by atoms with Gasteiger partial charge in [-0.3, -0.25) is 10.1 Å². The molecule has 2 N–H and O–H groups in total. The first-order chi connectivity index (χ1) is 9.48. The summed E-state index contributed by atoms with van der Waals surface area (Å²) in [7, 11) is 0. The molecule has 0 aromatic heterocycles. The van der Waals surface area contributed by atoms with Gasteiger partial charge in [-0.1, -0.05) is 32.6 Å². The average molecular weight is 285 g/mol. The Morgan fingerprint density at radius 1 is 1.35 bits per heavy atom. The van der Waals surface area contributed by atoms with E-state index in [2.05, 4.69) is 12.2 Å². The summed E-state index contributed by atoms with van der Waals surface area (Å²) in [6.45, 7) is 6.69. The van der Waals surface area contributed by atoms with Crippen LogP contribution in [-0.2, 0) is 9.53 Å². The SMILES string of the molecule is CCCCCCCOC(C)CC(C)(NC1CC1)C(=O)O. The van der Waals surface area contributed by atoms with Crippen molar-refractivity contribution in [2.45, 2.75) is 89.8 Å². The number of hydrogen-bond donors (Lipinski definition) is 2. The zero-order valence-corrected chi connectivity index (χ0v) is 13.3. The third-order valence-electron chi connectivity index (χ3n) is 3.92. The molecule has 0 radical (unpaired) electrons. The fourth-order valence-electron chi connectivity index (χ4n) is 2.51. The molecule has 1 aliphatic carbocycles. The van der Waals surface area contributed by atoms with E-state index in [1.54, 1.807) is 6.92 Å². The van der Waals surface area contributed by atoms with Crippen LogP contribution in [-0.4, -0.2) is 35.4 Å². The van der Waals surface area contributed by atoms with E-state index in [4.69, 9.17) is 4.74 Å². The highest BCUT2D eigenvalue weighted by atomic mass is 16.5. The zero-order chi connectivity index (χ0) is 15.0. The Balaban J connectivity index is 2.20. The maximum absolute atomic E-state index is 11.5. The molecule has 4 heteroatoms. The van der Waals surface area contributed by atoms with E-state index in [1.165, 1.54) is 25.7 Å². The molecule has 0 aliphatic heterocycles. The van der Waals surface area contributed by atoms with Gasteiger partial charge in [0.2, 0.25) is 0 Å². The van der Waals surface area contributed by atoms with Gasteiger partial charge < -0.3 is 9.84 Å². The Labute approximate surface area is 123 Å². The van der Waals surface area contributed by atoms with Crippen molar-refractivity contribution in [1.29, 1.82) is 0 Å². The topological polar surface area (TPSA) is 58.6 Å². The summed E-state index contributed by atoms with van der Waals surface area (Å²) in [5.74, 6) is -0.775. The van der Waals surface area contributed by atoms with Crippen LogP contribution in [0.15, 0.2) is 0 Å². The molecule has 2 atom stereocenters. The predicted molar refractivity (Wildman–Crippen MR) is 81.0 cm³/mol. The minimum Gasteiger partial charge on any atom is -0.480 e. The van der Waals surface area contributed by atoms with E-state index in [9.17, 15) is 9.90 Å². The van der Waals surface area contributed by atoms with Crippen molar-refractivity contribution < 1.29 is 14.6 Å². The van der Waals surface area contributed by atoms with Crippen LogP contribution in [0.4, 0.5) is 0 Å². The summed E-state index contributed by atoms with van der Waals surface area (Å²) < 4.78 is 5.77. The average Bonchev–Trinajstić information content (AvgIpc) is 3.17. The summed E-state index contributed by atoms with van der Waals surface area (Å²) in [5.41, 5.74) is -0.858. The highest BCUT2D eigenvalue weighted by Crippen LogP contribution is 2.25. The molecule has 0 heterocycles. The molecule has 0 amide bonds. The van der Waals surface area contributed by atoms with Crippen LogP contribution in [0.3, 0.4) is 0 Å². The van der Waals surface area contributed by atoms with Gasteiger partial charge in [0.25, 0.3) is 0 Å². The Morgan fingerprint density at radius 3 is 2.55 bits per heavy atom. The Kier molecular flexibility index (Phi) is 7.52. The summed E-state index contributed by atoms with van der Waals surface area (Å²) in [6.07, 6.45) is 8.78. The maximum atomic E-state index is 11.5. The number of carboxylic acids is 1. The molecular formula is C16H31NO3. The summed E-state index contributed by atoms with van der Waals surface area (Å²) in [5, 5.41) is 12.6. The molecule has 1 rings (SSSR count). The molecule has 118 valence electrons. The predicted octanol–water partition coefficient (Wildman–Crippen LogP) is 3.35. The lowest BCUT2D eigenvalue weighted by atomic mass is 9.94. The number of rotatable bonds is 12. The number of nitrogens with one attached hydrogen (secondary N) is 1. The number of carbonyl (C=O) groups is 1. The number of hydrogen-bond acceptors (Lipinski definition) is 3. The van der Waals surface area contributed by atoms with Crippen LogP contribution in [0.2, 0.25) is 0 Å². The Morgan fingerprint density at radius 2 is 2.00 bits per heavy atom. The minimum absolute atomic E-state index is 0.0199. The second-order valence-corrected chi connectivity index (χ2v) is 6.36. The van der Waals surface area contributed by atoms with Crippen LogP contribution < -0.4 is 5.32 Å². The standard InChI is InChI=1S/C16H31NO3/c1-4-5-6-7-8-11-20-13(2)12-16(3,15(18)19)17-14-9-10-14/h13-14,17H,4-12H2,1-3H3,(H,18,19). The molecule has 0 aromatic carbocycles. The van der Waals surface area contributed by atoms with Gasteiger partial charge in [0, 0.05) is 19.1 Å². The molecule has 1 fully saturated rings. The molecule has 1 saturated carbocycles. The number of ether oxygens (including phenoxy) is 1. The molecule has 0 bridgehead atoms. The summed E-state index contributed by atoms with van der Waals surface area (Å²) >= 11 is 0. The van der Waals surface area contributed by atoms with E-state index in [0.717, 1.165) is 25.9 Å². The van der Waals surface area contributed by atoms with Crippen LogP contribution in [0.5, 0.6) is 0 Å². The molecule has 4 nitrogen and oxygen atoms in total. The molecule has 1 aliphatic rings. The minimum atomic E-state index is -0.858. The van der Waals surface area contributed by atoms with E-state index < -0.39 is 11.5 Å². The molecule has 0 aromatic rings. The van der Waals surface area contributed by atoms with Crippen molar-refractivity contribution in [1.82, 2.24) is 5.32 Å². The molecule has 20 heavy (non-hydrogen) atoms. The number of carboxylic acid groups (broad SMARTS) is 1. The monoisotopic (exact) mass is 285 g/mol. The smallest absolute Gasteiger partial charge is 0.323 e. The van der Waals surface area contributed by atoms with Crippen molar-refractivity contribution in [3.8, 4) is 0 Å². The third kappa shape index (κ3) is 6.71. The highest BCUT2D eigenvalue weighted by molar-refractivity contribution is 5.78. The van der Waals surface area contributed by atoms with Gasteiger partial charge in [0.1, 0.15) is 5.54 Å². The van der Waals surface area contributed by atoms with Gasteiger partial charge in [0.15, 0.2) is 0 Å². The van der Waals surface area contributed by atoms with Gasteiger partial charge >= 0.3 is 5.97 Å². The maximum Gasteiger partial charge on any atom is 0.323 e. The van der Waals surface area contributed by atoms with Crippen molar-refractivity contribution in [3.05, 3.63) is 0 Å². The van der Waals surface area contributed by atoms with Crippen molar-refractivity contribution in [2.75, 3.05) is 6.61 Å². The van der Waals surface area contributed by atoms with Crippen LogP contribution in [0, 0.1) is 0 Å². The van der Waals surface area contributed by atoms with E-state index in [-0.39, 0.29) is 6.10 Å². The lowest BCUT2D eigenvalue weighted by Gasteiger charge is -2.29. The summed E-state index contributed by atoms with van der Waals surface area (Å²) in [4.78, 5) is 11.5. The van der Waals surface area contributed by atoms with Crippen LogP contribution in [0.1, 0.15) is 72.1 Å². The molecule has 0 saturated heterocycles. The van der Waals surface area contributed by atoms with Gasteiger partial charge in [-0.2, -0.15) is 0 Å². The van der Waals surface area contributed by atoms with E-state index in [0.29, 0.717) is 12.5 Å². The van der Waals surface area contributed by atoms with Crippen molar-refractivity contribution >= 4 is 5.97 Å². The van der Waals surface area contributed by atoms with Crippen molar-refractivity contribution in [3.63, 3.8) is 0 Å².